The first-order valence-electron chi connectivity index (χ1n) is 9.68. The van der Waals surface area contributed by atoms with Crippen LogP contribution in [0, 0.1) is 13.8 Å². The van der Waals surface area contributed by atoms with Crippen LogP contribution in [-0.2, 0) is 14.3 Å². The van der Waals surface area contributed by atoms with E-state index < -0.39 is 11.9 Å². The maximum atomic E-state index is 12.2. The van der Waals surface area contributed by atoms with Crippen molar-refractivity contribution in [1.29, 1.82) is 0 Å². The summed E-state index contributed by atoms with van der Waals surface area (Å²) in [6, 6.07) is 13.1. The summed E-state index contributed by atoms with van der Waals surface area (Å²) in [7, 11) is 0. The predicted molar refractivity (Wildman–Crippen MR) is 113 cm³/mol. The van der Waals surface area contributed by atoms with Crippen molar-refractivity contribution in [2.24, 2.45) is 0 Å². The number of nitrogens with one attached hydrogen (secondary N) is 2. The highest BCUT2D eigenvalue weighted by atomic mass is 16.5. The van der Waals surface area contributed by atoms with E-state index in [1.54, 1.807) is 12.1 Å². The molecule has 29 heavy (non-hydrogen) atoms. The van der Waals surface area contributed by atoms with Crippen molar-refractivity contribution in [2.45, 2.75) is 40.0 Å². The average Bonchev–Trinajstić information content (AvgIpc) is 2.68. The largest absolute Gasteiger partial charge is 0.456 e. The fraction of sp³-hybridized carbons (Fsp3) is 0.348. The molecule has 2 aromatic carbocycles. The van der Waals surface area contributed by atoms with Gasteiger partial charge < -0.3 is 15.4 Å². The second kappa shape index (κ2) is 10.4. The summed E-state index contributed by atoms with van der Waals surface area (Å²) in [5, 5.41) is 5.52. The second-order valence-electron chi connectivity index (χ2n) is 7.22. The maximum absolute atomic E-state index is 12.2. The Morgan fingerprint density at radius 1 is 0.966 bits per heavy atom. The minimum atomic E-state index is -0.542. The molecule has 0 aliphatic heterocycles. The number of amides is 2. The van der Waals surface area contributed by atoms with Gasteiger partial charge in [-0.25, -0.2) is 0 Å². The quantitative estimate of drug-likeness (QED) is 0.666. The third-order valence-electron chi connectivity index (χ3n) is 4.56. The van der Waals surface area contributed by atoms with Crippen molar-refractivity contribution in [2.75, 3.05) is 18.5 Å². The lowest BCUT2D eigenvalue weighted by molar-refractivity contribution is -0.147. The predicted octanol–water partition coefficient (Wildman–Crippen LogP) is 3.73. The number of ether oxygens (including phenoxy) is 1. The Balaban J connectivity index is 1.78. The Hall–Kier alpha value is -3.15. The fourth-order valence-corrected chi connectivity index (χ4v) is 2.94. The van der Waals surface area contributed by atoms with Gasteiger partial charge in [-0.05, 0) is 42.5 Å². The molecule has 0 heterocycles. The van der Waals surface area contributed by atoms with Crippen LogP contribution in [0.25, 0.3) is 0 Å². The van der Waals surface area contributed by atoms with Crippen LogP contribution in [0.15, 0.2) is 42.5 Å². The van der Waals surface area contributed by atoms with E-state index in [0.717, 1.165) is 22.4 Å². The van der Waals surface area contributed by atoms with Gasteiger partial charge in [-0.15, -0.1) is 0 Å². The lowest BCUT2D eigenvalue weighted by atomic mass is 9.98. The van der Waals surface area contributed by atoms with E-state index in [-0.39, 0.29) is 31.4 Å². The topological polar surface area (TPSA) is 84.5 Å². The van der Waals surface area contributed by atoms with Gasteiger partial charge in [0.15, 0.2) is 6.61 Å². The molecule has 0 fully saturated rings. The molecular weight excluding hydrogens is 368 g/mol. The highest BCUT2D eigenvalue weighted by Gasteiger charge is 2.14. The minimum absolute atomic E-state index is 0.00743. The molecule has 0 saturated heterocycles. The fourth-order valence-electron chi connectivity index (χ4n) is 2.94. The summed E-state index contributed by atoms with van der Waals surface area (Å²) in [5.74, 6) is -0.920. The van der Waals surface area contributed by atoms with Crippen LogP contribution in [0.4, 0.5) is 5.69 Å². The standard InChI is InChI=1S/C23H28N2O4/c1-15(2)18-11-7-9-17(4)22(18)25-20(26)14-29-21(27)12-13-24-23(28)19-10-6-5-8-16(19)3/h5-11,15H,12-14H2,1-4H3,(H,24,28)(H,25,26). The molecule has 2 rings (SSSR count). The van der Waals surface area contributed by atoms with E-state index >= 15 is 0 Å². The van der Waals surface area contributed by atoms with Crippen LogP contribution in [0.5, 0.6) is 0 Å². The Bertz CT molecular complexity index is 890. The van der Waals surface area contributed by atoms with Gasteiger partial charge in [0.2, 0.25) is 0 Å². The number of aryl methyl sites for hydroxylation is 2. The van der Waals surface area contributed by atoms with Gasteiger partial charge in [0, 0.05) is 17.8 Å². The first-order valence-corrected chi connectivity index (χ1v) is 9.68. The highest BCUT2D eigenvalue weighted by Crippen LogP contribution is 2.27. The van der Waals surface area contributed by atoms with Crippen molar-refractivity contribution in [1.82, 2.24) is 5.32 Å². The maximum Gasteiger partial charge on any atom is 0.308 e. The minimum Gasteiger partial charge on any atom is -0.456 e. The Labute approximate surface area is 171 Å². The molecule has 0 unspecified atom stereocenters. The van der Waals surface area contributed by atoms with Crippen LogP contribution >= 0.6 is 0 Å². The monoisotopic (exact) mass is 396 g/mol. The molecule has 0 aromatic heterocycles. The van der Waals surface area contributed by atoms with Crippen molar-refractivity contribution in [3.8, 4) is 0 Å². The van der Waals surface area contributed by atoms with E-state index in [1.807, 2.05) is 44.2 Å². The summed E-state index contributed by atoms with van der Waals surface area (Å²) < 4.78 is 5.03. The Morgan fingerprint density at radius 2 is 1.66 bits per heavy atom. The van der Waals surface area contributed by atoms with Crippen molar-refractivity contribution >= 4 is 23.5 Å². The summed E-state index contributed by atoms with van der Waals surface area (Å²) in [6.45, 7) is 7.65. The van der Waals surface area contributed by atoms with Gasteiger partial charge in [-0.1, -0.05) is 50.2 Å². The molecule has 0 aliphatic carbocycles. The summed E-state index contributed by atoms with van der Waals surface area (Å²) in [5.41, 5.74) is 4.17. The zero-order chi connectivity index (χ0) is 21.4. The zero-order valence-corrected chi connectivity index (χ0v) is 17.4. The number of rotatable bonds is 8. The van der Waals surface area contributed by atoms with Gasteiger partial charge in [0.25, 0.3) is 11.8 Å². The number of anilines is 1. The van der Waals surface area contributed by atoms with Gasteiger partial charge in [-0.2, -0.15) is 0 Å². The van der Waals surface area contributed by atoms with Crippen molar-refractivity contribution in [3.63, 3.8) is 0 Å². The molecule has 0 bridgehead atoms. The van der Waals surface area contributed by atoms with Crippen LogP contribution in [0.1, 0.15) is 53.2 Å². The number of hydrogen-bond acceptors (Lipinski definition) is 4. The Kier molecular flexibility index (Phi) is 7.95. The van der Waals surface area contributed by atoms with Crippen molar-refractivity contribution in [3.05, 3.63) is 64.7 Å². The van der Waals surface area contributed by atoms with E-state index in [4.69, 9.17) is 4.74 Å². The summed E-state index contributed by atoms with van der Waals surface area (Å²) in [6.07, 6.45) is -0.00743. The molecule has 6 heteroatoms. The Morgan fingerprint density at radius 3 is 2.34 bits per heavy atom. The molecule has 0 saturated carbocycles. The molecule has 154 valence electrons. The molecule has 2 aromatic rings. The van der Waals surface area contributed by atoms with Gasteiger partial charge in [-0.3, -0.25) is 14.4 Å². The molecule has 2 amide bonds. The van der Waals surface area contributed by atoms with E-state index in [2.05, 4.69) is 24.5 Å². The highest BCUT2D eigenvalue weighted by molar-refractivity contribution is 5.96. The van der Waals surface area contributed by atoms with Gasteiger partial charge in [0.05, 0.1) is 6.42 Å². The lowest BCUT2D eigenvalue weighted by Crippen LogP contribution is -2.28. The molecule has 0 aliphatic rings. The number of carbonyl (C=O) groups excluding carboxylic acids is 3. The molecular formula is C23H28N2O4. The number of carbonyl (C=O) groups is 3. The molecule has 2 N–H and O–H groups in total. The third kappa shape index (κ3) is 6.45. The smallest absolute Gasteiger partial charge is 0.308 e. The molecule has 0 spiro atoms. The van der Waals surface area contributed by atoms with E-state index in [0.29, 0.717) is 5.56 Å². The third-order valence-corrected chi connectivity index (χ3v) is 4.56. The summed E-state index contributed by atoms with van der Waals surface area (Å²) >= 11 is 0. The zero-order valence-electron chi connectivity index (χ0n) is 17.4. The van der Waals surface area contributed by atoms with Crippen LogP contribution in [0.2, 0.25) is 0 Å². The number of para-hydroxylation sites is 1. The first kappa shape index (κ1) is 22.1. The average molecular weight is 396 g/mol. The molecule has 6 nitrogen and oxygen atoms in total. The summed E-state index contributed by atoms with van der Waals surface area (Å²) in [4.78, 5) is 36.2. The lowest BCUT2D eigenvalue weighted by Gasteiger charge is -2.16. The number of benzene rings is 2. The van der Waals surface area contributed by atoms with Crippen LogP contribution in [0.3, 0.4) is 0 Å². The first-order chi connectivity index (χ1) is 13.8. The second-order valence-corrected chi connectivity index (χ2v) is 7.22. The van der Waals surface area contributed by atoms with E-state index in [9.17, 15) is 14.4 Å². The SMILES string of the molecule is Cc1ccccc1C(=O)NCCC(=O)OCC(=O)Nc1c(C)cccc1C(C)C. The number of esters is 1. The van der Waals surface area contributed by atoms with Gasteiger partial charge in [0.1, 0.15) is 0 Å². The van der Waals surface area contributed by atoms with Crippen LogP contribution in [-0.4, -0.2) is 30.9 Å². The molecule has 0 atom stereocenters. The number of hydrogen-bond donors (Lipinski definition) is 2. The van der Waals surface area contributed by atoms with Gasteiger partial charge >= 0.3 is 5.97 Å². The van der Waals surface area contributed by atoms with E-state index in [1.165, 1.54) is 0 Å². The molecule has 0 radical (unpaired) electrons. The van der Waals surface area contributed by atoms with Crippen LogP contribution < -0.4 is 10.6 Å². The van der Waals surface area contributed by atoms with Crippen molar-refractivity contribution < 1.29 is 19.1 Å². The normalized spacial score (nSPS) is 10.5.